The summed E-state index contributed by atoms with van der Waals surface area (Å²) in [5.41, 5.74) is 2.13. The summed E-state index contributed by atoms with van der Waals surface area (Å²) in [4.78, 5) is 10.6. The van der Waals surface area contributed by atoms with Crippen LogP contribution in [0.1, 0.15) is 16.1 Å². The van der Waals surface area contributed by atoms with Gasteiger partial charge < -0.3 is 10.4 Å². The zero-order valence-corrected chi connectivity index (χ0v) is 8.47. The van der Waals surface area contributed by atoms with Gasteiger partial charge in [-0.3, -0.25) is 5.10 Å². The first-order valence-electron chi connectivity index (χ1n) is 4.81. The highest BCUT2D eigenvalue weighted by Crippen LogP contribution is 2.10. The maximum Gasteiger partial charge on any atom is 0.335 e. The van der Waals surface area contributed by atoms with Gasteiger partial charge in [0.05, 0.1) is 17.8 Å². The maximum absolute atomic E-state index is 10.6. The number of hydrogen-bond acceptors (Lipinski definition) is 3. The summed E-state index contributed by atoms with van der Waals surface area (Å²) >= 11 is 0. The zero-order chi connectivity index (χ0) is 11.4. The summed E-state index contributed by atoms with van der Waals surface area (Å²) in [5.74, 6) is -0.917. The van der Waals surface area contributed by atoms with Gasteiger partial charge in [0.1, 0.15) is 0 Å². The molecule has 0 unspecified atom stereocenters. The number of aromatic nitrogens is 2. The normalized spacial score (nSPS) is 10.0. The SMILES string of the molecule is O=C(O)c1ccc(NCc2ccn[nH]2)cc1. The van der Waals surface area contributed by atoms with Crippen molar-refractivity contribution in [3.63, 3.8) is 0 Å². The van der Waals surface area contributed by atoms with Gasteiger partial charge in [0.15, 0.2) is 0 Å². The van der Waals surface area contributed by atoms with Gasteiger partial charge in [-0.15, -0.1) is 0 Å². The van der Waals surface area contributed by atoms with Crippen LogP contribution in [0.15, 0.2) is 36.5 Å². The number of aromatic carboxylic acids is 1. The first-order valence-corrected chi connectivity index (χ1v) is 4.81. The summed E-state index contributed by atoms with van der Waals surface area (Å²) in [7, 11) is 0. The van der Waals surface area contributed by atoms with Crippen molar-refractivity contribution < 1.29 is 9.90 Å². The molecular formula is C11H11N3O2. The molecule has 0 aliphatic heterocycles. The van der Waals surface area contributed by atoms with E-state index in [9.17, 15) is 4.79 Å². The Morgan fingerprint density at radius 1 is 1.31 bits per heavy atom. The van der Waals surface area contributed by atoms with Crippen LogP contribution < -0.4 is 5.32 Å². The van der Waals surface area contributed by atoms with Gasteiger partial charge in [-0.1, -0.05) is 0 Å². The average molecular weight is 217 g/mol. The molecule has 0 spiro atoms. The predicted molar refractivity (Wildman–Crippen MR) is 59.3 cm³/mol. The number of anilines is 1. The van der Waals surface area contributed by atoms with E-state index in [-0.39, 0.29) is 5.56 Å². The molecule has 1 aromatic heterocycles. The lowest BCUT2D eigenvalue weighted by atomic mass is 10.2. The number of rotatable bonds is 4. The number of nitrogens with zero attached hydrogens (tertiary/aromatic N) is 1. The van der Waals surface area contributed by atoms with Crippen LogP contribution in [-0.2, 0) is 6.54 Å². The smallest absolute Gasteiger partial charge is 0.335 e. The van der Waals surface area contributed by atoms with Crippen molar-refractivity contribution in [1.82, 2.24) is 10.2 Å². The van der Waals surface area contributed by atoms with E-state index < -0.39 is 5.97 Å². The molecule has 2 rings (SSSR count). The van der Waals surface area contributed by atoms with Gasteiger partial charge in [0.25, 0.3) is 0 Å². The Morgan fingerprint density at radius 2 is 2.06 bits per heavy atom. The van der Waals surface area contributed by atoms with E-state index in [0.29, 0.717) is 6.54 Å². The molecule has 0 saturated heterocycles. The Labute approximate surface area is 92.1 Å². The molecule has 0 aliphatic carbocycles. The van der Waals surface area contributed by atoms with Crippen molar-refractivity contribution in [2.24, 2.45) is 0 Å². The molecule has 1 aromatic carbocycles. The first-order chi connectivity index (χ1) is 7.75. The fourth-order valence-corrected chi connectivity index (χ4v) is 1.31. The molecule has 82 valence electrons. The van der Waals surface area contributed by atoms with E-state index in [1.807, 2.05) is 6.07 Å². The molecule has 0 bridgehead atoms. The van der Waals surface area contributed by atoms with Crippen molar-refractivity contribution >= 4 is 11.7 Å². The first kappa shape index (κ1) is 10.2. The second kappa shape index (κ2) is 4.48. The van der Waals surface area contributed by atoms with Gasteiger partial charge in [-0.2, -0.15) is 5.10 Å². The molecule has 5 heteroatoms. The number of carbonyl (C=O) groups is 1. The van der Waals surface area contributed by atoms with Crippen molar-refractivity contribution in [1.29, 1.82) is 0 Å². The monoisotopic (exact) mass is 217 g/mol. The highest BCUT2D eigenvalue weighted by Gasteiger charge is 2.01. The highest BCUT2D eigenvalue weighted by molar-refractivity contribution is 5.87. The van der Waals surface area contributed by atoms with Crippen molar-refractivity contribution in [3.8, 4) is 0 Å². The third kappa shape index (κ3) is 2.38. The Bertz CT molecular complexity index is 462. The molecule has 0 amide bonds. The summed E-state index contributed by atoms with van der Waals surface area (Å²) in [5, 5.41) is 18.5. The van der Waals surface area contributed by atoms with Gasteiger partial charge in [-0.05, 0) is 30.3 Å². The predicted octanol–water partition coefficient (Wildman–Crippen LogP) is 1.72. The van der Waals surface area contributed by atoms with E-state index >= 15 is 0 Å². The van der Waals surface area contributed by atoms with Gasteiger partial charge in [0.2, 0.25) is 0 Å². The zero-order valence-electron chi connectivity index (χ0n) is 8.47. The summed E-state index contributed by atoms with van der Waals surface area (Å²) in [6.45, 7) is 0.631. The fraction of sp³-hybridized carbons (Fsp3) is 0.0909. The van der Waals surface area contributed by atoms with Crippen LogP contribution in [0.25, 0.3) is 0 Å². The molecule has 2 aromatic rings. The molecule has 3 N–H and O–H groups in total. The second-order valence-electron chi connectivity index (χ2n) is 3.32. The lowest BCUT2D eigenvalue weighted by Crippen LogP contribution is -2.01. The number of H-pyrrole nitrogens is 1. The average Bonchev–Trinajstić information content (AvgIpc) is 2.80. The van der Waals surface area contributed by atoms with E-state index in [1.54, 1.807) is 30.5 Å². The third-order valence-corrected chi connectivity index (χ3v) is 2.17. The molecule has 1 heterocycles. The highest BCUT2D eigenvalue weighted by atomic mass is 16.4. The van der Waals surface area contributed by atoms with E-state index in [0.717, 1.165) is 11.4 Å². The van der Waals surface area contributed by atoms with Gasteiger partial charge in [-0.25, -0.2) is 4.79 Å². The summed E-state index contributed by atoms with van der Waals surface area (Å²) < 4.78 is 0. The molecule has 0 saturated carbocycles. The molecular weight excluding hydrogens is 206 g/mol. The van der Waals surface area contributed by atoms with Crippen LogP contribution >= 0.6 is 0 Å². The summed E-state index contributed by atoms with van der Waals surface area (Å²) in [6.07, 6.45) is 1.69. The molecule has 5 nitrogen and oxygen atoms in total. The minimum atomic E-state index is -0.917. The number of nitrogens with one attached hydrogen (secondary N) is 2. The van der Waals surface area contributed by atoms with Crippen LogP contribution in [-0.4, -0.2) is 21.3 Å². The van der Waals surface area contributed by atoms with Crippen LogP contribution in [0, 0.1) is 0 Å². The van der Waals surface area contributed by atoms with E-state index in [4.69, 9.17) is 5.11 Å². The molecule has 0 atom stereocenters. The van der Waals surface area contributed by atoms with E-state index in [1.165, 1.54) is 0 Å². The number of carboxylic acids is 1. The van der Waals surface area contributed by atoms with Crippen molar-refractivity contribution in [2.75, 3.05) is 5.32 Å². The standard InChI is InChI=1S/C11H11N3O2/c15-11(16)8-1-3-9(4-2-8)12-7-10-5-6-13-14-10/h1-6,12H,7H2,(H,13,14)(H,15,16). The Hall–Kier alpha value is -2.30. The van der Waals surface area contributed by atoms with Crippen LogP contribution in [0.4, 0.5) is 5.69 Å². The number of aromatic amines is 1. The minimum Gasteiger partial charge on any atom is -0.478 e. The van der Waals surface area contributed by atoms with Crippen molar-refractivity contribution in [2.45, 2.75) is 6.54 Å². The number of carboxylic acid groups (broad SMARTS) is 1. The van der Waals surface area contributed by atoms with Crippen LogP contribution in [0.5, 0.6) is 0 Å². The second-order valence-corrected chi connectivity index (χ2v) is 3.32. The quantitative estimate of drug-likeness (QED) is 0.728. The lowest BCUT2D eigenvalue weighted by molar-refractivity contribution is 0.0697. The minimum absolute atomic E-state index is 0.284. The number of benzene rings is 1. The third-order valence-electron chi connectivity index (χ3n) is 2.17. The van der Waals surface area contributed by atoms with Crippen molar-refractivity contribution in [3.05, 3.63) is 47.8 Å². The van der Waals surface area contributed by atoms with Gasteiger partial charge in [0, 0.05) is 11.9 Å². The largest absolute Gasteiger partial charge is 0.478 e. The number of hydrogen-bond donors (Lipinski definition) is 3. The summed E-state index contributed by atoms with van der Waals surface area (Å²) in [6, 6.07) is 8.48. The Balaban J connectivity index is 1.98. The Kier molecular flexibility index (Phi) is 2.86. The molecule has 0 fully saturated rings. The van der Waals surface area contributed by atoms with Gasteiger partial charge >= 0.3 is 5.97 Å². The molecule has 0 radical (unpaired) electrons. The van der Waals surface area contributed by atoms with Crippen LogP contribution in [0.2, 0.25) is 0 Å². The topological polar surface area (TPSA) is 78.0 Å². The van der Waals surface area contributed by atoms with E-state index in [2.05, 4.69) is 15.5 Å². The Morgan fingerprint density at radius 3 is 2.62 bits per heavy atom. The maximum atomic E-state index is 10.6. The molecule has 16 heavy (non-hydrogen) atoms. The van der Waals surface area contributed by atoms with Crippen LogP contribution in [0.3, 0.4) is 0 Å². The molecule has 0 aliphatic rings. The fourth-order valence-electron chi connectivity index (χ4n) is 1.31. The lowest BCUT2D eigenvalue weighted by Gasteiger charge is -2.04.